The zero-order valence-electron chi connectivity index (χ0n) is 17.3. The Morgan fingerprint density at radius 1 is 1.16 bits per heavy atom. The lowest BCUT2D eigenvalue weighted by atomic mass is 9.82. The first-order valence-electron chi connectivity index (χ1n) is 9.83. The van der Waals surface area contributed by atoms with E-state index >= 15 is 0 Å². The largest absolute Gasteiger partial charge is 0.511 e. The number of aliphatic hydroxyl groups is 1. The number of Topliss-reactive ketones (excluding diaryl/α,β-unsaturated/α-hetero) is 1. The quantitative estimate of drug-likeness (QED) is 0.308. The fourth-order valence-electron chi connectivity index (χ4n) is 3.57. The maximum atomic E-state index is 14.3. The minimum Gasteiger partial charge on any atom is -0.511 e. The summed E-state index contributed by atoms with van der Waals surface area (Å²) in [5.74, 6) is -2.01. The molecule has 7 nitrogen and oxygen atoms in total. The number of hydrogen-bond acceptors (Lipinski definition) is 6. The number of halogens is 1. The highest BCUT2D eigenvalue weighted by Gasteiger charge is 2.32. The lowest BCUT2D eigenvalue weighted by Gasteiger charge is -2.24. The number of allylic oxidation sites excluding steroid dienone is 2. The summed E-state index contributed by atoms with van der Waals surface area (Å²) in [4.78, 5) is 28.6. The van der Waals surface area contributed by atoms with E-state index in [1.807, 2.05) is 0 Å². The number of hydrogen-bond donors (Lipinski definition) is 4. The van der Waals surface area contributed by atoms with Gasteiger partial charge < -0.3 is 20.8 Å². The smallest absolute Gasteiger partial charge is 0.335 e. The van der Waals surface area contributed by atoms with E-state index in [-0.39, 0.29) is 41.2 Å². The van der Waals surface area contributed by atoms with Gasteiger partial charge in [0.1, 0.15) is 11.6 Å². The van der Waals surface area contributed by atoms with Gasteiger partial charge >= 0.3 is 5.97 Å². The van der Waals surface area contributed by atoms with Crippen LogP contribution in [0.4, 0.5) is 10.1 Å². The first-order valence-corrected chi connectivity index (χ1v) is 9.83. The number of aliphatic hydroxyl groups excluding tert-OH is 1. The molecule has 162 valence electrons. The lowest BCUT2D eigenvalue weighted by Crippen LogP contribution is -2.28. The topological polar surface area (TPSA) is 111 Å². The van der Waals surface area contributed by atoms with Crippen molar-refractivity contribution in [3.05, 3.63) is 75.8 Å². The molecule has 0 radical (unpaired) electrons. The van der Waals surface area contributed by atoms with Crippen molar-refractivity contribution in [2.45, 2.75) is 12.8 Å². The summed E-state index contributed by atoms with van der Waals surface area (Å²) in [6, 6.07) is 8.69. The number of ketones is 1. The molecule has 0 fully saturated rings. The molecule has 3 rings (SSSR count). The molecule has 4 N–H and O–H groups in total. The molecule has 2 aromatic carbocycles. The molecule has 0 spiro atoms. The highest BCUT2D eigenvalue weighted by atomic mass is 19.1. The first kappa shape index (κ1) is 22.2. The molecule has 0 atom stereocenters. The van der Waals surface area contributed by atoms with Gasteiger partial charge in [-0.2, -0.15) is 0 Å². The number of nitrogens with zero attached hydrogens (tertiary/aromatic N) is 1. The van der Waals surface area contributed by atoms with Gasteiger partial charge in [0.2, 0.25) is 0 Å². The number of anilines is 1. The van der Waals surface area contributed by atoms with Crippen molar-refractivity contribution in [1.82, 2.24) is 5.32 Å². The predicted molar refractivity (Wildman–Crippen MR) is 117 cm³/mol. The molecule has 8 heteroatoms. The Labute approximate surface area is 179 Å². The Morgan fingerprint density at radius 2 is 1.87 bits per heavy atom. The van der Waals surface area contributed by atoms with Gasteiger partial charge in [0.15, 0.2) is 5.78 Å². The molecule has 0 aliphatic heterocycles. The average Bonchev–Trinajstić information content (AvgIpc) is 2.74. The molecular weight excluding hydrogens is 401 g/mol. The summed E-state index contributed by atoms with van der Waals surface area (Å²) in [5, 5.41) is 25.8. The lowest BCUT2D eigenvalue weighted by molar-refractivity contribution is -0.114. The van der Waals surface area contributed by atoms with E-state index in [9.17, 15) is 19.1 Å². The number of carboxylic acids is 1. The van der Waals surface area contributed by atoms with Crippen LogP contribution in [0.25, 0.3) is 0 Å². The van der Waals surface area contributed by atoms with Gasteiger partial charge in [-0.1, -0.05) is 12.1 Å². The standard InChI is InChI=1S/C23H24FN3O4/c1-25-7-8-27-22-17-10-15(24)11-18(26-2)16(17)12-20(29)21(22)19(28)9-13-3-5-14(6-4-13)23(30)31/h3-6,10-11,25-26,28H,7-9,12H2,1-2H3,(H,30,31). The second-order valence-corrected chi connectivity index (χ2v) is 7.16. The SMILES string of the molecule is CNCCN=C1C(=C(O)Cc2ccc(C(=O)O)cc2)C(=O)Cc2c(NC)cc(F)cc21. The van der Waals surface area contributed by atoms with Crippen LogP contribution < -0.4 is 10.6 Å². The summed E-state index contributed by atoms with van der Waals surface area (Å²) in [6.07, 6.45) is 0.0315. The maximum Gasteiger partial charge on any atom is 0.335 e. The van der Waals surface area contributed by atoms with Crippen molar-refractivity contribution >= 4 is 23.2 Å². The number of rotatable bonds is 7. The third kappa shape index (κ3) is 4.80. The molecule has 0 unspecified atom stereocenters. The Bertz CT molecular complexity index is 1070. The van der Waals surface area contributed by atoms with Crippen molar-refractivity contribution in [1.29, 1.82) is 0 Å². The minimum absolute atomic E-state index is 0.00811. The second-order valence-electron chi connectivity index (χ2n) is 7.16. The predicted octanol–water partition coefficient (Wildman–Crippen LogP) is 2.75. The highest BCUT2D eigenvalue weighted by molar-refractivity contribution is 6.32. The van der Waals surface area contributed by atoms with Crippen molar-refractivity contribution in [2.24, 2.45) is 4.99 Å². The zero-order valence-corrected chi connectivity index (χ0v) is 17.3. The molecule has 0 heterocycles. The van der Waals surface area contributed by atoms with E-state index in [1.165, 1.54) is 24.3 Å². The number of benzene rings is 2. The summed E-state index contributed by atoms with van der Waals surface area (Å²) in [5.41, 5.74) is 2.71. The summed E-state index contributed by atoms with van der Waals surface area (Å²) < 4.78 is 14.3. The van der Waals surface area contributed by atoms with Crippen LogP contribution in [0, 0.1) is 5.82 Å². The van der Waals surface area contributed by atoms with Gasteiger partial charge in [0, 0.05) is 37.7 Å². The van der Waals surface area contributed by atoms with Gasteiger partial charge in [-0.15, -0.1) is 0 Å². The van der Waals surface area contributed by atoms with Gasteiger partial charge in [-0.25, -0.2) is 9.18 Å². The minimum atomic E-state index is -1.05. The molecule has 0 bridgehead atoms. The van der Waals surface area contributed by atoms with E-state index in [1.54, 1.807) is 26.2 Å². The summed E-state index contributed by atoms with van der Waals surface area (Å²) in [6.45, 7) is 0.889. The molecule has 1 aliphatic carbocycles. The number of nitrogens with one attached hydrogen (secondary N) is 2. The average molecular weight is 425 g/mol. The number of aromatic carboxylic acids is 1. The molecule has 0 saturated heterocycles. The third-order valence-electron chi connectivity index (χ3n) is 5.08. The van der Waals surface area contributed by atoms with Crippen LogP contribution >= 0.6 is 0 Å². The Hall–Kier alpha value is -3.52. The van der Waals surface area contributed by atoms with Gasteiger partial charge in [-0.3, -0.25) is 9.79 Å². The molecule has 31 heavy (non-hydrogen) atoms. The Kier molecular flexibility index (Phi) is 6.81. The highest BCUT2D eigenvalue weighted by Crippen LogP contribution is 2.32. The second kappa shape index (κ2) is 9.53. The molecular formula is C23H24FN3O4. The normalized spacial score (nSPS) is 16.2. The number of fused-ring (bicyclic) bond motifs is 1. The van der Waals surface area contributed by atoms with Crippen molar-refractivity contribution in [3.63, 3.8) is 0 Å². The zero-order chi connectivity index (χ0) is 22.5. The van der Waals surface area contributed by atoms with Crippen LogP contribution in [0.1, 0.15) is 27.0 Å². The van der Waals surface area contributed by atoms with E-state index in [2.05, 4.69) is 15.6 Å². The Balaban J connectivity index is 2.08. The number of carbonyl (C=O) groups excluding carboxylic acids is 1. The van der Waals surface area contributed by atoms with Crippen LogP contribution in [-0.2, 0) is 17.6 Å². The number of likely N-dealkylation sites (N-methyl/N-ethyl adjacent to an activating group) is 1. The van der Waals surface area contributed by atoms with Gasteiger partial charge in [-0.05, 0) is 42.4 Å². The molecule has 0 aromatic heterocycles. The summed E-state index contributed by atoms with van der Waals surface area (Å²) in [7, 11) is 3.43. The fourth-order valence-corrected chi connectivity index (χ4v) is 3.57. The van der Waals surface area contributed by atoms with Gasteiger partial charge in [0.05, 0.1) is 23.4 Å². The van der Waals surface area contributed by atoms with Crippen LogP contribution in [-0.4, -0.2) is 54.9 Å². The van der Waals surface area contributed by atoms with Gasteiger partial charge in [0.25, 0.3) is 0 Å². The number of carbonyl (C=O) groups is 2. The van der Waals surface area contributed by atoms with Crippen LogP contribution in [0.2, 0.25) is 0 Å². The van der Waals surface area contributed by atoms with E-state index in [4.69, 9.17) is 5.11 Å². The third-order valence-corrected chi connectivity index (χ3v) is 5.08. The van der Waals surface area contributed by atoms with Crippen molar-refractivity contribution in [2.75, 3.05) is 32.5 Å². The maximum absolute atomic E-state index is 14.3. The molecule has 2 aromatic rings. The molecule has 0 saturated carbocycles. The Morgan fingerprint density at radius 3 is 2.48 bits per heavy atom. The molecule has 0 amide bonds. The van der Waals surface area contributed by atoms with E-state index in [0.717, 1.165) is 0 Å². The first-order chi connectivity index (χ1) is 14.8. The van der Waals surface area contributed by atoms with Crippen LogP contribution in [0.5, 0.6) is 0 Å². The monoisotopic (exact) mass is 425 g/mol. The number of aliphatic imine (C=N–C) groups is 1. The number of carboxylic acid groups (broad SMARTS) is 1. The van der Waals surface area contributed by atoms with Crippen LogP contribution in [0.15, 0.2) is 52.7 Å². The summed E-state index contributed by atoms with van der Waals surface area (Å²) >= 11 is 0. The van der Waals surface area contributed by atoms with Crippen LogP contribution in [0.3, 0.4) is 0 Å². The van der Waals surface area contributed by atoms with E-state index in [0.29, 0.717) is 35.5 Å². The fraction of sp³-hybridized carbons (Fsp3) is 0.261. The van der Waals surface area contributed by atoms with Crippen molar-refractivity contribution in [3.8, 4) is 0 Å². The molecule has 1 aliphatic rings. The van der Waals surface area contributed by atoms with E-state index < -0.39 is 11.8 Å². The van der Waals surface area contributed by atoms with Crippen molar-refractivity contribution < 1.29 is 24.2 Å².